The van der Waals surface area contributed by atoms with Crippen LogP contribution in [0.4, 0.5) is 10.1 Å². The van der Waals surface area contributed by atoms with Crippen molar-refractivity contribution in [3.63, 3.8) is 0 Å². The van der Waals surface area contributed by atoms with E-state index in [4.69, 9.17) is 10.5 Å². The van der Waals surface area contributed by atoms with Crippen LogP contribution in [-0.4, -0.2) is 5.91 Å². The number of anilines is 1. The van der Waals surface area contributed by atoms with Gasteiger partial charge in [0.15, 0.2) is 0 Å². The zero-order chi connectivity index (χ0) is 17.6. The van der Waals surface area contributed by atoms with E-state index in [0.717, 1.165) is 5.75 Å². The summed E-state index contributed by atoms with van der Waals surface area (Å²) in [4.78, 5) is 11.7. The normalized spacial score (nSPS) is 11.6. The minimum absolute atomic E-state index is 0.366. The Hall–Kier alpha value is -3.34. The molecule has 3 aromatic carbocycles. The van der Waals surface area contributed by atoms with Gasteiger partial charge >= 0.3 is 0 Å². The van der Waals surface area contributed by atoms with Crippen LogP contribution in [0, 0.1) is 5.82 Å². The van der Waals surface area contributed by atoms with E-state index in [2.05, 4.69) is 5.32 Å². The van der Waals surface area contributed by atoms with Crippen LogP contribution < -0.4 is 15.8 Å². The molecule has 25 heavy (non-hydrogen) atoms. The summed E-state index contributed by atoms with van der Waals surface area (Å²) in [6.07, 6.45) is 0. The van der Waals surface area contributed by atoms with Crippen molar-refractivity contribution in [2.24, 2.45) is 5.73 Å². The first kappa shape index (κ1) is 16.5. The Morgan fingerprint density at radius 1 is 0.880 bits per heavy atom. The van der Waals surface area contributed by atoms with Crippen LogP contribution in [0.25, 0.3) is 0 Å². The Balaban J connectivity index is 1.72. The summed E-state index contributed by atoms with van der Waals surface area (Å²) in [5.41, 5.74) is 6.77. The predicted octanol–water partition coefficient (Wildman–Crippen LogP) is 4.26. The number of hydrogen-bond acceptors (Lipinski definition) is 3. The zero-order valence-electron chi connectivity index (χ0n) is 13.4. The molecular formula is C20H17FN2O2. The molecule has 0 aliphatic heterocycles. The first-order valence-electron chi connectivity index (χ1n) is 7.76. The number of para-hydroxylation sites is 1. The highest BCUT2D eigenvalue weighted by Gasteiger charge is 2.17. The molecule has 5 heteroatoms. The first-order chi connectivity index (χ1) is 12.1. The second kappa shape index (κ2) is 7.49. The maximum absolute atomic E-state index is 13.1. The highest BCUT2D eigenvalue weighted by atomic mass is 19.1. The number of ether oxygens (including phenoxy) is 1. The van der Waals surface area contributed by atoms with E-state index < -0.39 is 11.9 Å². The van der Waals surface area contributed by atoms with Crippen LogP contribution in [0.2, 0.25) is 0 Å². The maximum atomic E-state index is 13.1. The number of carbonyl (C=O) groups is 1. The average Bonchev–Trinajstić information content (AvgIpc) is 2.63. The van der Waals surface area contributed by atoms with Gasteiger partial charge in [0.1, 0.15) is 23.4 Å². The molecule has 4 nitrogen and oxygen atoms in total. The summed E-state index contributed by atoms with van der Waals surface area (Å²) in [6.45, 7) is 0. The van der Waals surface area contributed by atoms with Crippen molar-refractivity contribution in [3.05, 3.63) is 90.2 Å². The van der Waals surface area contributed by atoms with E-state index >= 15 is 0 Å². The van der Waals surface area contributed by atoms with Gasteiger partial charge < -0.3 is 15.8 Å². The lowest BCUT2D eigenvalue weighted by atomic mass is 10.1. The Morgan fingerprint density at radius 2 is 1.48 bits per heavy atom. The van der Waals surface area contributed by atoms with Crippen molar-refractivity contribution in [1.29, 1.82) is 0 Å². The molecule has 0 saturated carbocycles. The molecule has 0 fully saturated rings. The van der Waals surface area contributed by atoms with Gasteiger partial charge in [0.2, 0.25) is 5.91 Å². The minimum atomic E-state index is -0.749. The third-order valence-corrected chi connectivity index (χ3v) is 3.63. The number of amides is 1. The van der Waals surface area contributed by atoms with Gasteiger partial charge in [-0.3, -0.25) is 4.79 Å². The van der Waals surface area contributed by atoms with E-state index in [1.165, 1.54) is 24.3 Å². The molecule has 1 amide bonds. The van der Waals surface area contributed by atoms with Gasteiger partial charge in [-0.1, -0.05) is 30.3 Å². The maximum Gasteiger partial charge on any atom is 0.244 e. The summed E-state index contributed by atoms with van der Waals surface area (Å²) in [5.74, 6) is 0.504. The van der Waals surface area contributed by atoms with E-state index in [1.54, 1.807) is 24.3 Å². The number of nitrogens with two attached hydrogens (primary N) is 1. The van der Waals surface area contributed by atoms with E-state index in [9.17, 15) is 9.18 Å². The van der Waals surface area contributed by atoms with Crippen molar-refractivity contribution < 1.29 is 13.9 Å². The fraction of sp³-hybridized carbons (Fsp3) is 0.0500. The quantitative estimate of drug-likeness (QED) is 0.707. The molecule has 3 rings (SSSR count). The Morgan fingerprint density at radius 3 is 2.08 bits per heavy atom. The molecule has 0 spiro atoms. The number of hydrogen-bond donors (Lipinski definition) is 2. The zero-order valence-corrected chi connectivity index (χ0v) is 13.4. The number of carbonyl (C=O) groups excluding carboxylic acids is 1. The molecule has 126 valence electrons. The monoisotopic (exact) mass is 336 g/mol. The molecule has 0 aromatic heterocycles. The van der Waals surface area contributed by atoms with Crippen molar-refractivity contribution in [3.8, 4) is 11.5 Å². The first-order valence-corrected chi connectivity index (χ1v) is 7.76. The van der Waals surface area contributed by atoms with E-state index in [0.29, 0.717) is 17.0 Å². The van der Waals surface area contributed by atoms with Gasteiger partial charge in [-0.15, -0.1) is 0 Å². The molecule has 0 aliphatic rings. The number of benzene rings is 3. The fourth-order valence-corrected chi connectivity index (χ4v) is 2.38. The van der Waals surface area contributed by atoms with Gasteiger partial charge in [-0.05, 0) is 54.1 Å². The van der Waals surface area contributed by atoms with Gasteiger partial charge in [-0.25, -0.2) is 4.39 Å². The molecule has 0 heterocycles. The largest absolute Gasteiger partial charge is 0.457 e. The van der Waals surface area contributed by atoms with Crippen molar-refractivity contribution in [2.75, 3.05) is 5.32 Å². The second-order valence-electron chi connectivity index (χ2n) is 5.47. The number of rotatable bonds is 6. The predicted molar refractivity (Wildman–Crippen MR) is 94.9 cm³/mol. The lowest BCUT2D eigenvalue weighted by molar-refractivity contribution is -0.118. The second-order valence-corrected chi connectivity index (χ2v) is 5.47. The summed E-state index contributed by atoms with van der Waals surface area (Å²) >= 11 is 0. The van der Waals surface area contributed by atoms with E-state index in [1.807, 2.05) is 30.3 Å². The summed E-state index contributed by atoms with van der Waals surface area (Å²) in [5, 5.41) is 3.05. The smallest absolute Gasteiger partial charge is 0.244 e. The Labute approximate surface area is 145 Å². The lowest BCUT2D eigenvalue weighted by Gasteiger charge is -2.17. The van der Waals surface area contributed by atoms with Crippen LogP contribution in [-0.2, 0) is 4.79 Å². The average molecular weight is 336 g/mol. The molecular weight excluding hydrogens is 319 g/mol. The Kier molecular flexibility index (Phi) is 4.95. The fourth-order valence-electron chi connectivity index (χ4n) is 2.38. The lowest BCUT2D eigenvalue weighted by Crippen LogP contribution is -2.27. The van der Waals surface area contributed by atoms with Crippen molar-refractivity contribution in [1.82, 2.24) is 0 Å². The minimum Gasteiger partial charge on any atom is -0.457 e. The van der Waals surface area contributed by atoms with Gasteiger partial charge in [0, 0.05) is 5.69 Å². The third kappa shape index (κ3) is 4.35. The van der Waals surface area contributed by atoms with Gasteiger partial charge in [0.25, 0.3) is 0 Å². The van der Waals surface area contributed by atoms with Crippen molar-refractivity contribution in [2.45, 2.75) is 6.04 Å². The van der Waals surface area contributed by atoms with Crippen molar-refractivity contribution >= 4 is 11.6 Å². The van der Waals surface area contributed by atoms with Crippen LogP contribution in [0.1, 0.15) is 11.6 Å². The SMILES string of the molecule is NC(=O)C(Nc1ccc(Oc2ccccc2)cc1)c1ccc(F)cc1. The van der Waals surface area contributed by atoms with Crippen LogP contribution in [0.5, 0.6) is 11.5 Å². The Bertz CT molecular complexity index is 834. The topological polar surface area (TPSA) is 64.4 Å². The highest BCUT2D eigenvalue weighted by Crippen LogP contribution is 2.25. The molecule has 1 unspecified atom stereocenters. The molecule has 0 bridgehead atoms. The molecule has 1 atom stereocenters. The summed E-state index contributed by atoms with van der Waals surface area (Å²) < 4.78 is 18.8. The molecule has 0 radical (unpaired) electrons. The number of halogens is 1. The molecule has 3 N–H and O–H groups in total. The van der Waals surface area contributed by atoms with Crippen LogP contribution in [0.3, 0.4) is 0 Å². The highest BCUT2D eigenvalue weighted by molar-refractivity contribution is 5.84. The van der Waals surface area contributed by atoms with E-state index in [-0.39, 0.29) is 5.82 Å². The van der Waals surface area contributed by atoms with Gasteiger partial charge in [0.05, 0.1) is 0 Å². The van der Waals surface area contributed by atoms with Crippen LogP contribution >= 0.6 is 0 Å². The summed E-state index contributed by atoms with van der Waals surface area (Å²) in [6, 6.07) is 21.5. The molecule has 0 saturated heterocycles. The summed E-state index contributed by atoms with van der Waals surface area (Å²) in [7, 11) is 0. The third-order valence-electron chi connectivity index (χ3n) is 3.63. The molecule has 0 aliphatic carbocycles. The molecule has 3 aromatic rings. The number of primary amides is 1. The standard InChI is InChI=1S/C20H17FN2O2/c21-15-8-6-14(7-9-15)19(20(22)24)23-16-10-12-18(13-11-16)25-17-4-2-1-3-5-17/h1-13,19,23H,(H2,22,24). The van der Waals surface area contributed by atoms with Gasteiger partial charge in [-0.2, -0.15) is 0 Å². The van der Waals surface area contributed by atoms with Crippen LogP contribution in [0.15, 0.2) is 78.9 Å². The number of nitrogens with one attached hydrogen (secondary N) is 1.